The zero-order chi connectivity index (χ0) is 13.1. The molecule has 0 aliphatic rings. The number of hydrogen-bond acceptors (Lipinski definition) is 2. The van der Waals surface area contributed by atoms with Crippen molar-refractivity contribution in [1.29, 1.82) is 0 Å². The van der Waals surface area contributed by atoms with Crippen molar-refractivity contribution < 1.29 is 5.11 Å². The molecule has 1 unspecified atom stereocenters. The van der Waals surface area contributed by atoms with Crippen LogP contribution in [-0.2, 0) is 6.42 Å². The zero-order valence-electron chi connectivity index (χ0n) is 10.5. The molecule has 0 saturated carbocycles. The van der Waals surface area contributed by atoms with Gasteiger partial charge in [-0.3, -0.25) is 4.98 Å². The van der Waals surface area contributed by atoms with Crippen LogP contribution in [0.5, 0.6) is 0 Å². The molecule has 18 heavy (non-hydrogen) atoms. The van der Waals surface area contributed by atoms with Gasteiger partial charge in [-0.2, -0.15) is 0 Å². The Hall–Kier alpha value is -1.38. The van der Waals surface area contributed by atoms with Gasteiger partial charge in [-0.1, -0.05) is 35.4 Å². The Balaban J connectivity index is 2.22. The third-order valence-electron chi connectivity index (χ3n) is 3.05. The lowest BCUT2D eigenvalue weighted by Crippen LogP contribution is -2.04. The van der Waals surface area contributed by atoms with Crippen LogP contribution < -0.4 is 0 Å². The molecule has 0 saturated heterocycles. The monoisotopic (exact) mass is 261 g/mol. The molecule has 2 aromatic rings. The number of aromatic nitrogens is 1. The second-order valence-electron chi connectivity index (χ2n) is 4.55. The van der Waals surface area contributed by atoms with Crippen molar-refractivity contribution in [3.63, 3.8) is 0 Å². The number of pyridine rings is 1. The molecular formula is C15H16ClNO. The number of aryl methyl sites for hydroxylation is 2. The lowest BCUT2D eigenvalue weighted by molar-refractivity contribution is 0.177. The van der Waals surface area contributed by atoms with Gasteiger partial charge in [-0.05, 0) is 36.6 Å². The maximum absolute atomic E-state index is 10.3. The van der Waals surface area contributed by atoms with Crippen LogP contribution in [0, 0.1) is 13.8 Å². The van der Waals surface area contributed by atoms with Gasteiger partial charge in [0.15, 0.2) is 0 Å². The van der Waals surface area contributed by atoms with Crippen LogP contribution in [0.25, 0.3) is 0 Å². The SMILES string of the molecule is Cc1ccc(C(O)Cc2ccncc2Cl)c(C)c1. The van der Waals surface area contributed by atoms with Gasteiger partial charge in [0.1, 0.15) is 0 Å². The fourth-order valence-corrected chi connectivity index (χ4v) is 2.28. The zero-order valence-corrected chi connectivity index (χ0v) is 11.3. The summed E-state index contributed by atoms with van der Waals surface area (Å²) in [5.74, 6) is 0. The number of halogens is 1. The van der Waals surface area contributed by atoms with Gasteiger partial charge in [-0.15, -0.1) is 0 Å². The second-order valence-corrected chi connectivity index (χ2v) is 4.95. The molecule has 0 radical (unpaired) electrons. The maximum atomic E-state index is 10.3. The summed E-state index contributed by atoms with van der Waals surface area (Å²) >= 11 is 6.05. The summed E-state index contributed by atoms with van der Waals surface area (Å²) in [5, 5.41) is 10.9. The number of rotatable bonds is 3. The van der Waals surface area contributed by atoms with Gasteiger partial charge < -0.3 is 5.11 Å². The molecule has 1 aromatic carbocycles. The normalized spacial score (nSPS) is 12.4. The minimum atomic E-state index is -0.537. The third-order valence-corrected chi connectivity index (χ3v) is 3.39. The number of aliphatic hydroxyl groups excluding tert-OH is 1. The number of hydrogen-bond donors (Lipinski definition) is 1. The Labute approximate surface area is 112 Å². The first kappa shape index (κ1) is 13.1. The van der Waals surface area contributed by atoms with Gasteiger partial charge in [0.05, 0.1) is 11.1 Å². The summed E-state index contributed by atoms with van der Waals surface area (Å²) in [6.45, 7) is 4.06. The molecule has 94 valence electrons. The Bertz CT molecular complexity index is 554. The van der Waals surface area contributed by atoms with Crippen molar-refractivity contribution in [3.05, 3.63) is 63.9 Å². The largest absolute Gasteiger partial charge is 0.388 e. The van der Waals surface area contributed by atoms with Crippen LogP contribution in [-0.4, -0.2) is 10.1 Å². The van der Waals surface area contributed by atoms with Crippen molar-refractivity contribution in [2.75, 3.05) is 0 Å². The molecule has 0 bridgehead atoms. The van der Waals surface area contributed by atoms with E-state index >= 15 is 0 Å². The molecule has 3 heteroatoms. The summed E-state index contributed by atoms with van der Waals surface area (Å²) in [7, 11) is 0. The quantitative estimate of drug-likeness (QED) is 0.915. The van der Waals surface area contributed by atoms with Crippen molar-refractivity contribution >= 4 is 11.6 Å². The highest BCUT2D eigenvalue weighted by Gasteiger charge is 2.13. The van der Waals surface area contributed by atoms with Gasteiger partial charge >= 0.3 is 0 Å². The highest BCUT2D eigenvalue weighted by atomic mass is 35.5. The minimum absolute atomic E-state index is 0.505. The summed E-state index contributed by atoms with van der Waals surface area (Å²) in [6, 6.07) is 7.91. The number of aliphatic hydroxyl groups is 1. The predicted molar refractivity (Wildman–Crippen MR) is 73.8 cm³/mol. The van der Waals surface area contributed by atoms with Crippen LogP contribution >= 0.6 is 11.6 Å². The average molecular weight is 262 g/mol. The van der Waals surface area contributed by atoms with Gasteiger partial charge in [0, 0.05) is 18.8 Å². The highest BCUT2D eigenvalue weighted by Crippen LogP contribution is 2.25. The average Bonchev–Trinajstić information content (AvgIpc) is 2.32. The molecular weight excluding hydrogens is 246 g/mol. The fraction of sp³-hybridized carbons (Fsp3) is 0.267. The summed E-state index contributed by atoms with van der Waals surface area (Å²) in [4.78, 5) is 3.94. The summed E-state index contributed by atoms with van der Waals surface area (Å²) < 4.78 is 0. The molecule has 0 aliphatic heterocycles. The van der Waals surface area contributed by atoms with Crippen LogP contribution in [0.3, 0.4) is 0 Å². The molecule has 0 spiro atoms. The van der Waals surface area contributed by atoms with Gasteiger partial charge in [-0.25, -0.2) is 0 Å². The van der Waals surface area contributed by atoms with E-state index in [1.165, 1.54) is 5.56 Å². The molecule has 0 aliphatic carbocycles. The molecule has 1 N–H and O–H groups in total. The molecule has 0 amide bonds. The van der Waals surface area contributed by atoms with Crippen molar-refractivity contribution in [1.82, 2.24) is 4.98 Å². The number of benzene rings is 1. The third kappa shape index (κ3) is 2.89. The van der Waals surface area contributed by atoms with Crippen LogP contribution in [0.4, 0.5) is 0 Å². The first-order valence-corrected chi connectivity index (χ1v) is 6.29. The molecule has 2 rings (SSSR count). The first-order valence-electron chi connectivity index (χ1n) is 5.91. The Morgan fingerprint density at radius 1 is 1.28 bits per heavy atom. The lowest BCUT2D eigenvalue weighted by atomic mass is 9.97. The van der Waals surface area contributed by atoms with E-state index in [1.54, 1.807) is 12.4 Å². The predicted octanol–water partition coefficient (Wildman–Crippen LogP) is 3.63. The fourth-order valence-electron chi connectivity index (χ4n) is 2.09. The first-order chi connectivity index (χ1) is 8.58. The van der Waals surface area contributed by atoms with Gasteiger partial charge in [0.2, 0.25) is 0 Å². The van der Waals surface area contributed by atoms with E-state index in [4.69, 9.17) is 11.6 Å². The van der Waals surface area contributed by atoms with Gasteiger partial charge in [0.25, 0.3) is 0 Å². The van der Waals surface area contributed by atoms with E-state index in [9.17, 15) is 5.11 Å². The highest BCUT2D eigenvalue weighted by molar-refractivity contribution is 6.31. The van der Waals surface area contributed by atoms with E-state index < -0.39 is 6.10 Å². The van der Waals surface area contributed by atoms with E-state index in [0.29, 0.717) is 11.4 Å². The lowest BCUT2D eigenvalue weighted by Gasteiger charge is -2.15. The Morgan fingerprint density at radius 3 is 2.72 bits per heavy atom. The van der Waals surface area contributed by atoms with Crippen LogP contribution in [0.15, 0.2) is 36.7 Å². The second kappa shape index (κ2) is 5.51. The molecule has 2 nitrogen and oxygen atoms in total. The Morgan fingerprint density at radius 2 is 2.06 bits per heavy atom. The molecule has 0 fully saturated rings. The van der Waals surface area contributed by atoms with E-state index in [1.807, 2.05) is 32.0 Å². The Kier molecular flexibility index (Phi) is 4.00. The van der Waals surface area contributed by atoms with E-state index in [2.05, 4.69) is 11.1 Å². The minimum Gasteiger partial charge on any atom is -0.388 e. The van der Waals surface area contributed by atoms with Crippen molar-refractivity contribution in [3.8, 4) is 0 Å². The molecule has 1 heterocycles. The van der Waals surface area contributed by atoms with E-state index in [-0.39, 0.29) is 0 Å². The van der Waals surface area contributed by atoms with Crippen LogP contribution in [0.1, 0.15) is 28.4 Å². The maximum Gasteiger partial charge on any atom is 0.0833 e. The molecule has 1 aromatic heterocycles. The summed E-state index contributed by atoms with van der Waals surface area (Å²) in [6.07, 6.45) is 3.26. The topological polar surface area (TPSA) is 33.1 Å². The number of nitrogens with zero attached hydrogens (tertiary/aromatic N) is 1. The smallest absolute Gasteiger partial charge is 0.0833 e. The summed E-state index contributed by atoms with van der Waals surface area (Å²) in [5.41, 5.74) is 4.17. The van der Waals surface area contributed by atoms with Crippen molar-refractivity contribution in [2.24, 2.45) is 0 Å². The molecule has 1 atom stereocenters. The van der Waals surface area contributed by atoms with Crippen molar-refractivity contribution in [2.45, 2.75) is 26.4 Å². The standard InChI is InChI=1S/C15H16ClNO/c1-10-3-4-13(11(2)7-10)15(18)8-12-5-6-17-9-14(12)16/h3-7,9,15,18H,8H2,1-2H3. The van der Waals surface area contributed by atoms with E-state index in [0.717, 1.165) is 16.7 Å². The van der Waals surface area contributed by atoms with Crippen LogP contribution in [0.2, 0.25) is 5.02 Å².